The SMILES string of the molecule is COc1cc(C)c(S(=O)(=O)N2CCn3cccc3C2CC(=O)N2CCN(c3ccc(Cl)c(Cl)c3)CC2)c(C)c1. The van der Waals surface area contributed by atoms with Crippen molar-refractivity contribution in [2.24, 2.45) is 0 Å². The van der Waals surface area contributed by atoms with Crippen LogP contribution in [0.5, 0.6) is 5.75 Å². The Balaban J connectivity index is 1.37. The second kappa shape index (κ2) is 11.0. The molecule has 11 heteroatoms. The van der Waals surface area contributed by atoms with E-state index in [0.29, 0.717) is 59.6 Å². The zero-order chi connectivity index (χ0) is 27.9. The first kappa shape index (κ1) is 27.8. The van der Waals surface area contributed by atoms with E-state index in [1.54, 1.807) is 39.2 Å². The molecule has 0 spiro atoms. The number of piperazine rings is 1. The third-order valence-electron chi connectivity index (χ3n) is 7.62. The van der Waals surface area contributed by atoms with E-state index in [2.05, 4.69) is 4.90 Å². The van der Waals surface area contributed by atoms with Crippen molar-refractivity contribution in [3.63, 3.8) is 0 Å². The lowest BCUT2D eigenvalue weighted by atomic mass is 10.1. The zero-order valence-corrected chi connectivity index (χ0v) is 24.6. The Hall–Kier alpha value is -2.72. The van der Waals surface area contributed by atoms with Gasteiger partial charge in [-0.05, 0) is 67.4 Å². The van der Waals surface area contributed by atoms with Gasteiger partial charge in [0.2, 0.25) is 15.9 Å². The van der Waals surface area contributed by atoms with Crippen LogP contribution in [0, 0.1) is 13.8 Å². The molecule has 2 aromatic carbocycles. The van der Waals surface area contributed by atoms with Gasteiger partial charge in [-0.2, -0.15) is 4.31 Å². The smallest absolute Gasteiger partial charge is 0.244 e. The van der Waals surface area contributed by atoms with Gasteiger partial charge in [0.25, 0.3) is 0 Å². The molecule has 0 radical (unpaired) electrons. The topological polar surface area (TPSA) is 75.1 Å². The van der Waals surface area contributed by atoms with Crippen molar-refractivity contribution in [3.05, 3.63) is 75.5 Å². The quantitative estimate of drug-likeness (QED) is 0.408. The van der Waals surface area contributed by atoms with Gasteiger partial charge in [-0.1, -0.05) is 23.2 Å². The van der Waals surface area contributed by atoms with Crippen molar-refractivity contribution in [1.29, 1.82) is 0 Å². The molecule has 1 amide bonds. The summed E-state index contributed by atoms with van der Waals surface area (Å²) in [6, 6.07) is 12.2. The Morgan fingerprint density at radius 2 is 1.64 bits per heavy atom. The van der Waals surface area contributed by atoms with Crippen molar-refractivity contribution < 1.29 is 17.9 Å². The standard InChI is InChI=1S/C28H32Cl2N4O4S/c1-19-15-22(38-3)16-20(2)28(19)39(36,37)34-14-13-32-8-4-5-25(32)26(34)18-27(35)33-11-9-31(10-12-33)21-6-7-23(29)24(30)17-21/h4-8,15-17,26H,9-14,18H2,1-3H3. The summed E-state index contributed by atoms with van der Waals surface area (Å²) in [6.45, 7) is 6.76. The molecule has 2 aliphatic rings. The molecule has 1 aromatic heterocycles. The first-order chi connectivity index (χ1) is 18.6. The molecule has 2 aliphatic heterocycles. The van der Waals surface area contributed by atoms with E-state index >= 15 is 0 Å². The fraction of sp³-hybridized carbons (Fsp3) is 0.393. The average molecular weight is 592 g/mol. The minimum atomic E-state index is -3.88. The summed E-state index contributed by atoms with van der Waals surface area (Å²) in [6.07, 6.45) is 2.01. The molecule has 1 atom stereocenters. The van der Waals surface area contributed by atoms with Crippen LogP contribution in [0.15, 0.2) is 53.6 Å². The van der Waals surface area contributed by atoms with Crippen LogP contribution in [0.25, 0.3) is 0 Å². The molecule has 1 saturated heterocycles. The normalized spacial score (nSPS) is 18.2. The molecule has 39 heavy (non-hydrogen) atoms. The molecule has 3 heterocycles. The number of amides is 1. The van der Waals surface area contributed by atoms with Crippen LogP contribution in [0.4, 0.5) is 5.69 Å². The predicted molar refractivity (Wildman–Crippen MR) is 153 cm³/mol. The molecule has 0 N–H and O–H groups in total. The van der Waals surface area contributed by atoms with Crippen LogP contribution in [-0.4, -0.2) is 67.9 Å². The van der Waals surface area contributed by atoms with Gasteiger partial charge < -0.3 is 19.1 Å². The number of hydrogen-bond acceptors (Lipinski definition) is 5. The summed E-state index contributed by atoms with van der Waals surface area (Å²) in [5.74, 6) is 0.551. The molecule has 8 nitrogen and oxygen atoms in total. The minimum absolute atomic E-state index is 0.0631. The molecule has 1 fully saturated rings. The summed E-state index contributed by atoms with van der Waals surface area (Å²) in [7, 11) is -2.32. The largest absolute Gasteiger partial charge is 0.497 e. The maximum absolute atomic E-state index is 14.1. The highest BCUT2D eigenvalue weighted by atomic mass is 35.5. The van der Waals surface area contributed by atoms with Gasteiger partial charge >= 0.3 is 0 Å². The first-order valence-electron chi connectivity index (χ1n) is 12.9. The van der Waals surface area contributed by atoms with E-state index < -0.39 is 16.1 Å². The Bertz CT molecular complexity index is 1480. The number of anilines is 1. The fourth-order valence-corrected chi connectivity index (χ4v) is 7.98. The number of aromatic nitrogens is 1. The number of carbonyl (C=O) groups is 1. The summed E-state index contributed by atoms with van der Waals surface area (Å²) >= 11 is 12.3. The Morgan fingerprint density at radius 3 is 2.28 bits per heavy atom. The van der Waals surface area contributed by atoms with Crippen molar-refractivity contribution in [1.82, 2.24) is 13.8 Å². The second-order valence-corrected chi connectivity index (χ2v) is 12.7. The number of rotatable bonds is 6. The number of methoxy groups -OCH3 is 1. The highest BCUT2D eigenvalue weighted by molar-refractivity contribution is 7.89. The van der Waals surface area contributed by atoms with Crippen LogP contribution in [0.2, 0.25) is 10.0 Å². The lowest BCUT2D eigenvalue weighted by molar-refractivity contribution is -0.132. The summed E-state index contributed by atoms with van der Waals surface area (Å²) in [5, 5.41) is 1.00. The molecule has 3 aromatic rings. The van der Waals surface area contributed by atoms with Gasteiger partial charge in [0.05, 0.1) is 28.1 Å². The van der Waals surface area contributed by atoms with Crippen LogP contribution in [0.1, 0.15) is 29.3 Å². The number of nitrogens with zero attached hydrogens (tertiary/aromatic N) is 4. The van der Waals surface area contributed by atoms with Gasteiger partial charge in [-0.3, -0.25) is 4.79 Å². The zero-order valence-electron chi connectivity index (χ0n) is 22.2. The van der Waals surface area contributed by atoms with Crippen LogP contribution >= 0.6 is 23.2 Å². The molecular formula is C28H32Cl2N4O4S. The Morgan fingerprint density at radius 1 is 0.949 bits per heavy atom. The third kappa shape index (κ3) is 5.37. The average Bonchev–Trinajstić information content (AvgIpc) is 3.39. The summed E-state index contributed by atoms with van der Waals surface area (Å²) < 4.78 is 37.1. The maximum atomic E-state index is 14.1. The minimum Gasteiger partial charge on any atom is -0.497 e. The lowest BCUT2D eigenvalue weighted by Gasteiger charge is -2.39. The van der Waals surface area contributed by atoms with Crippen LogP contribution in [0.3, 0.4) is 0 Å². The van der Waals surface area contributed by atoms with Crippen molar-refractivity contribution in [3.8, 4) is 5.75 Å². The van der Waals surface area contributed by atoms with Crippen molar-refractivity contribution in [2.75, 3.05) is 44.7 Å². The van der Waals surface area contributed by atoms with E-state index in [4.69, 9.17) is 27.9 Å². The second-order valence-electron chi connectivity index (χ2n) is 10.0. The number of hydrogen-bond donors (Lipinski definition) is 0. The number of aryl methyl sites for hydroxylation is 2. The molecule has 0 saturated carbocycles. The van der Waals surface area contributed by atoms with E-state index in [1.807, 2.05) is 39.9 Å². The number of fused-ring (bicyclic) bond motifs is 1. The van der Waals surface area contributed by atoms with Gasteiger partial charge in [-0.15, -0.1) is 0 Å². The number of carbonyl (C=O) groups excluding carboxylic acids is 1. The van der Waals surface area contributed by atoms with Crippen LogP contribution < -0.4 is 9.64 Å². The van der Waals surface area contributed by atoms with E-state index in [0.717, 1.165) is 11.4 Å². The monoisotopic (exact) mass is 590 g/mol. The number of ether oxygens (including phenoxy) is 1. The van der Waals surface area contributed by atoms with Gasteiger partial charge in [-0.25, -0.2) is 8.42 Å². The summed E-state index contributed by atoms with van der Waals surface area (Å²) in [5.41, 5.74) is 3.04. The molecule has 1 unspecified atom stereocenters. The van der Waals surface area contributed by atoms with Crippen molar-refractivity contribution in [2.45, 2.75) is 37.8 Å². The number of benzene rings is 2. The predicted octanol–water partition coefficient (Wildman–Crippen LogP) is 4.90. The molecular weight excluding hydrogens is 559 g/mol. The maximum Gasteiger partial charge on any atom is 0.244 e. The highest BCUT2D eigenvalue weighted by Crippen LogP contribution is 2.37. The Labute approximate surface area is 239 Å². The number of halogens is 2. The molecule has 5 rings (SSSR count). The highest BCUT2D eigenvalue weighted by Gasteiger charge is 2.40. The number of sulfonamides is 1. The summed E-state index contributed by atoms with van der Waals surface area (Å²) in [4.78, 5) is 17.9. The van der Waals surface area contributed by atoms with Gasteiger partial charge in [0.1, 0.15) is 5.75 Å². The van der Waals surface area contributed by atoms with Gasteiger partial charge in [0, 0.05) is 63.3 Å². The van der Waals surface area contributed by atoms with Crippen molar-refractivity contribution >= 4 is 44.8 Å². The molecule has 208 valence electrons. The fourth-order valence-electron chi connectivity index (χ4n) is 5.68. The van der Waals surface area contributed by atoms with E-state index in [9.17, 15) is 13.2 Å². The Kier molecular flexibility index (Phi) is 7.88. The van der Waals surface area contributed by atoms with Crippen LogP contribution in [-0.2, 0) is 21.4 Å². The first-order valence-corrected chi connectivity index (χ1v) is 15.1. The van der Waals surface area contributed by atoms with E-state index in [1.165, 1.54) is 4.31 Å². The molecule has 0 aliphatic carbocycles. The van der Waals surface area contributed by atoms with E-state index in [-0.39, 0.29) is 23.8 Å². The van der Waals surface area contributed by atoms with Gasteiger partial charge in [0.15, 0.2) is 0 Å². The third-order valence-corrected chi connectivity index (χ3v) is 10.6. The lowest BCUT2D eigenvalue weighted by Crippen LogP contribution is -2.50. The molecule has 0 bridgehead atoms.